The lowest BCUT2D eigenvalue weighted by atomic mass is 10.3. The van der Waals surface area contributed by atoms with Crippen LogP contribution >= 0.6 is 15.9 Å². The minimum absolute atomic E-state index is 0.00609. The molecule has 1 aliphatic heterocycles. The summed E-state index contributed by atoms with van der Waals surface area (Å²) < 4.78 is 19.5. The lowest BCUT2D eigenvalue weighted by Crippen LogP contribution is -3.11. The quantitative estimate of drug-likeness (QED) is 0.740. The number of anilines is 1. The third-order valence-electron chi connectivity index (χ3n) is 3.48. The Labute approximate surface area is 142 Å². The lowest BCUT2D eigenvalue weighted by Gasteiger charge is -2.27. The number of hydrogen-bond acceptors (Lipinski definition) is 3. The molecule has 2 N–H and O–H groups in total. The topological polar surface area (TPSA) is 63.1 Å². The number of benzene rings is 1. The van der Waals surface area contributed by atoms with Crippen LogP contribution in [0.2, 0.25) is 0 Å². The second-order valence-corrected chi connectivity index (χ2v) is 6.39. The number of carbonyl (C=O) groups excluding carboxylic acids is 2. The van der Waals surface area contributed by atoms with Gasteiger partial charge in [-0.3, -0.25) is 9.59 Å². The SMILES string of the molecule is C[NH+](CC(=O)Nc1ccc(Br)cc1F)CC(=O)N1CCOCC1. The Hall–Kier alpha value is -1.51. The molecule has 0 bridgehead atoms. The number of nitrogens with one attached hydrogen (secondary N) is 2. The van der Waals surface area contributed by atoms with Crippen LogP contribution in [-0.2, 0) is 14.3 Å². The van der Waals surface area contributed by atoms with Crippen molar-refractivity contribution in [2.45, 2.75) is 0 Å². The summed E-state index contributed by atoms with van der Waals surface area (Å²) in [5.74, 6) is -0.846. The van der Waals surface area contributed by atoms with Crippen LogP contribution in [0.5, 0.6) is 0 Å². The zero-order valence-electron chi connectivity index (χ0n) is 12.9. The van der Waals surface area contributed by atoms with Gasteiger partial charge in [-0.25, -0.2) is 4.39 Å². The second-order valence-electron chi connectivity index (χ2n) is 5.48. The van der Waals surface area contributed by atoms with E-state index in [1.807, 2.05) is 0 Å². The van der Waals surface area contributed by atoms with Crippen molar-refractivity contribution in [3.05, 3.63) is 28.5 Å². The van der Waals surface area contributed by atoms with E-state index in [0.29, 0.717) is 30.8 Å². The van der Waals surface area contributed by atoms with Crippen molar-refractivity contribution in [1.82, 2.24) is 4.90 Å². The molecule has 23 heavy (non-hydrogen) atoms. The van der Waals surface area contributed by atoms with Gasteiger partial charge in [-0.15, -0.1) is 0 Å². The highest BCUT2D eigenvalue weighted by Crippen LogP contribution is 2.18. The van der Waals surface area contributed by atoms with Gasteiger partial charge in [-0.2, -0.15) is 0 Å². The molecule has 1 aliphatic rings. The van der Waals surface area contributed by atoms with E-state index in [-0.39, 0.29) is 30.6 Å². The third-order valence-corrected chi connectivity index (χ3v) is 3.98. The van der Waals surface area contributed by atoms with E-state index in [0.717, 1.165) is 4.90 Å². The summed E-state index contributed by atoms with van der Waals surface area (Å²) in [6, 6.07) is 4.43. The van der Waals surface area contributed by atoms with Crippen LogP contribution in [0.15, 0.2) is 22.7 Å². The fourth-order valence-electron chi connectivity index (χ4n) is 2.30. The number of hydrogen-bond donors (Lipinski definition) is 2. The maximum absolute atomic E-state index is 13.7. The normalized spacial score (nSPS) is 16.0. The van der Waals surface area contributed by atoms with Crippen molar-refractivity contribution >= 4 is 33.4 Å². The molecule has 6 nitrogen and oxygen atoms in total. The van der Waals surface area contributed by atoms with Gasteiger partial charge in [0.25, 0.3) is 11.8 Å². The number of carbonyl (C=O) groups is 2. The van der Waals surface area contributed by atoms with E-state index in [9.17, 15) is 14.0 Å². The molecular formula is C15H20BrFN3O3+. The Morgan fingerprint density at radius 3 is 2.70 bits per heavy atom. The minimum atomic E-state index is -0.505. The molecule has 0 spiro atoms. The first-order valence-electron chi connectivity index (χ1n) is 7.37. The van der Waals surface area contributed by atoms with Gasteiger partial charge in [0.05, 0.1) is 25.9 Å². The van der Waals surface area contributed by atoms with E-state index in [2.05, 4.69) is 21.2 Å². The summed E-state index contributed by atoms with van der Waals surface area (Å²) >= 11 is 3.16. The van der Waals surface area contributed by atoms with Crippen LogP contribution in [0.25, 0.3) is 0 Å². The van der Waals surface area contributed by atoms with Gasteiger partial charge in [0.1, 0.15) is 5.82 Å². The molecule has 0 aliphatic carbocycles. The van der Waals surface area contributed by atoms with E-state index < -0.39 is 5.82 Å². The smallest absolute Gasteiger partial charge is 0.279 e. The summed E-state index contributed by atoms with van der Waals surface area (Å²) in [5.41, 5.74) is 0.130. The van der Waals surface area contributed by atoms with Gasteiger partial charge in [0, 0.05) is 17.6 Å². The number of morpholine rings is 1. The Bertz CT molecular complexity index is 579. The molecule has 126 valence electrons. The van der Waals surface area contributed by atoms with Crippen molar-refractivity contribution in [2.75, 3.05) is 51.8 Å². The number of quaternary nitrogens is 1. The summed E-state index contributed by atoms with van der Waals surface area (Å²) in [5, 5.41) is 2.52. The largest absolute Gasteiger partial charge is 0.378 e. The van der Waals surface area contributed by atoms with E-state index in [4.69, 9.17) is 4.74 Å². The molecule has 1 atom stereocenters. The Kier molecular flexibility index (Phi) is 6.49. The summed E-state index contributed by atoms with van der Waals surface area (Å²) in [6.45, 7) is 2.58. The fraction of sp³-hybridized carbons (Fsp3) is 0.467. The highest BCUT2D eigenvalue weighted by atomic mass is 79.9. The third kappa shape index (κ3) is 5.56. The fourth-order valence-corrected chi connectivity index (χ4v) is 2.64. The van der Waals surface area contributed by atoms with Gasteiger partial charge >= 0.3 is 0 Å². The first-order chi connectivity index (χ1) is 11.0. The molecule has 8 heteroatoms. The predicted octanol–water partition coefficient (Wildman–Crippen LogP) is -0.0998. The highest BCUT2D eigenvalue weighted by Gasteiger charge is 2.21. The van der Waals surface area contributed by atoms with Crippen LogP contribution in [0.3, 0.4) is 0 Å². The highest BCUT2D eigenvalue weighted by molar-refractivity contribution is 9.10. The maximum Gasteiger partial charge on any atom is 0.279 e. The first kappa shape index (κ1) is 17.8. The number of halogens is 2. The van der Waals surface area contributed by atoms with Crippen LogP contribution in [0.1, 0.15) is 0 Å². The van der Waals surface area contributed by atoms with Crippen LogP contribution in [0, 0.1) is 5.82 Å². The average Bonchev–Trinajstić information content (AvgIpc) is 2.50. The molecule has 0 aromatic heterocycles. The zero-order valence-corrected chi connectivity index (χ0v) is 14.5. The Balaban J connectivity index is 1.81. The Morgan fingerprint density at radius 1 is 1.35 bits per heavy atom. The summed E-state index contributed by atoms with van der Waals surface area (Å²) in [6.07, 6.45) is 0. The molecule has 1 aromatic carbocycles. The van der Waals surface area contributed by atoms with Crippen LogP contribution in [-0.4, -0.2) is 63.2 Å². The molecular weight excluding hydrogens is 369 g/mol. The molecule has 1 aromatic rings. The van der Waals surface area contributed by atoms with Crippen molar-refractivity contribution in [3.8, 4) is 0 Å². The lowest BCUT2D eigenvalue weighted by molar-refractivity contribution is -0.862. The minimum Gasteiger partial charge on any atom is -0.378 e. The van der Waals surface area contributed by atoms with Crippen LogP contribution in [0.4, 0.5) is 10.1 Å². The maximum atomic E-state index is 13.7. The number of rotatable bonds is 5. The van der Waals surface area contributed by atoms with Gasteiger partial charge in [-0.1, -0.05) is 15.9 Å². The van der Waals surface area contributed by atoms with E-state index >= 15 is 0 Å². The van der Waals surface area contributed by atoms with Gasteiger partial charge in [0.15, 0.2) is 13.1 Å². The number of ether oxygens (including phenoxy) is 1. The second kappa shape index (κ2) is 8.37. The van der Waals surface area contributed by atoms with Crippen LogP contribution < -0.4 is 10.2 Å². The van der Waals surface area contributed by atoms with Gasteiger partial charge in [0.2, 0.25) is 0 Å². The van der Waals surface area contributed by atoms with E-state index in [1.54, 1.807) is 18.0 Å². The molecule has 0 saturated carbocycles. The molecule has 1 unspecified atom stereocenters. The predicted molar refractivity (Wildman–Crippen MR) is 86.7 cm³/mol. The van der Waals surface area contributed by atoms with Crippen molar-refractivity contribution in [1.29, 1.82) is 0 Å². The number of amides is 2. The summed E-state index contributed by atoms with van der Waals surface area (Å²) in [4.78, 5) is 26.5. The van der Waals surface area contributed by atoms with Gasteiger partial charge < -0.3 is 19.9 Å². The van der Waals surface area contributed by atoms with Crippen molar-refractivity contribution in [2.24, 2.45) is 0 Å². The first-order valence-corrected chi connectivity index (χ1v) is 8.16. The van der Waals surface area contributed by atoms with Crippen molar-refractivity contribution < 1.29 is 23.6 Å². The Morgan fingerprint density at radius 2 is 2.04 bits per heavy atom. The molecule has 0 radical (unpaired) electrons. The zero-order chi connectivity index (χ0) is 16.8. The molecule has 1 fully saturated rings. The molecule has 2 rings (SSSR count). The van der Waals surface area contributed by atoms with Crippen molar-refractivity contribution in [3.63, 3.8) is 0 Å². The molecule has 1 saturated heterocycles. The van der Waals surface area contributed by atoms with E-state index in [1.165, 1.54) is 12.1 Å². The summed E-state index contributed by atoms with van der Waals surface area (Å²) in [7, 11) is 1.76. The standard InChI is InChI=1S/C15H19BrFN3O3/c1-19(10-15(22)20-4-6-23-7-5-20)9-14(21)18-13-3-2-11(16)8-12(13)17/h2-3,8H,4-7,9-10H2,1H3,(H,18,21)/p+1. The average molecular weight is 389 g/mol. The van der Waals surface area contributed by atoms with Gasteiger partial charge in [-0.05, 0) is 18.2 Å². The number of nitrogens with zero attached hydrogens (tertiary/aromatic N) is 1. The molecule has 1 heterocycles. The number of likely N-dealkylation sites (N-methyl/N-ethyl adjacent to an activating group) is 1. The molecule has 2 amide bonds. The monoisotopic (exact) mass is 388 g/mol.